The molecule has 1 aliphatic rings. The summed E-state index contributed by atoms with van der Waals surface area (Å²) in [5, 5.41) is 2.74. The Kier molecular flexibility index (Phi) is 3.13. The Bertz CT molecular complexity index is 439. The predicted molar refractivity (Wildman–Crippen MR) is 64.7 cm³/mol. The highest BCUT2D eigenvalue weighted by Crippen LogP contribution is 2.11. The van der Waals surface area contributed by atoms with Crippen LogP contribution in [0.25, 0.3) is 0 Å². The molecule has 90 valence electrons. The minimum Gasteiger partial charge on any atom is -0.353 e. The third-order valence-electron chi connectivity index (χ3n) is 3.06. The molecule has 0 unspecified atom stereocenters. The molecule has 4 nitrogen and oxygen atoms in total. The van der Waals surface area contributed by atoms with E-state index in [1.165, 1.54) is 0 Å². The van der Waals surface area contributed by atoms with Gasteiger partial charge in [-0.3, -0.25) is 9.59 Å². The van der Waals surface area contributed by atoms with Gasteiger partial charge in [0.05, 0.1) is 0 Å². The van der Waals surface area contributed by atoms with Crippen LogP contribution in [0.15, 0.2) is 24.3 Å². The molecule has 0 radical (unpaired) electrons. The largest absolute Gasteiger partial charge is 0.353 e. The van der Waals surface area contributed by atoms with Crippen molar-refractivity contribution in [3.05, 3.63) is 35.4 Å². The molecule has 0 spiro atoms. The lowest BCUT2D eigenvalue weighted by molar-refractivity contribution is -0.127. The fourth-order valence-electron chi connectivity index (χ4n) is 1.92. The first-order valence-electron chi connectivity index (χ1n) is 5.75. The number of amides is 2. The van der Waals surface area contributed by atoms with Crippen LogP contribution in [0.2, 0.25) is 0 Å². The molecular weight excluding hydrogens is 216 g/mol. The first-order chi connectivity index (χ1) is 8.09. The van der Waals surface area contributed by atoms with Crippen LogP contribution in [0.5, 0.6) is 0 Å². The Balaban J connectivity index is 2.19. The number of benzene rings is 1. The molecule has 1 fully saturated rings. The lowest BCUT2D eigenvalue weighted by Gasteiger charge is -2.32. The average Bonchev–Trinajstić information content (AvgIpc) is 2.33. The summed E-state index contributed by atoms with van der Waals surface area (Å²) in [4.78, 5) is 25.3. The fourth-order valence-corrected chi connectivity index (χ4v) is 1.92. The van der Waals surface area contributed by atoms with Crippen molar-refractivity contribution in [2.24, 2.45) is 0 Å². The van der Waals surface area contributed by atoms with E-state index >= 15 is 0 Å². The number of hydrogen-bond acceptors (Lipinski definition) is 2. The molecule has 1 aliphatic heterocycles. The standard InChI is InChI=1S/C13H16N2O2/c1-9-3-5-11(6-4-9)13(17)15-8-7-14-12(16)10(15)2/h3-6,10H,7-8H2,1-2H3,(H,14,16)/t10-/m0/s1. The molecular formula is C13H16N2O2. The van der Waals surface area contributed by atoms with Crippen molar-refractivity contribution in [3.8, 4) is 0 Å². The minimum absolute atomic E-state index is 0.0765. The maximum absolute atomic E-state index is 12.2. The van der Waals surface area contributed by atoms with Gasteiger partial charge in [-0.1, -0.05) is 17.7 Å². The number of aryl methyl sites for hydroxylation is 1. The molecule has 1 saturated heterocycles. The molecule has 0 saturated carbocycles. The Morgan fingerprint density at radius 3 is 2.65 bits per heavy atom. The molecule has 2 rings (SSSR count). The first kappa shape index (κ1) is 11.6. The maximum Gasteiger partial charge on any atom is 0.254 e. The van der Waals surface area contributed by atoms with Crippen molar-refractivity contribution in [2.75, 3.05) is 13.1 Å². The van der Waals surface area contributed by atoms with E-state index in [1.807, 2.05) is 19.1 Å². The van der Waals surface area contributed by atoms with Gasteiger partial charge in [-0.15, -0.1) is 0 Å². The average molecular weight is 232 g/mol. The first-order valence-corrected chi connectivity index (χ1v) is 5.75. The SMILES string of the molecule is Cc1ccc(C(=O)N2CCNC(=O)[C@@H]2C)cc1. The number of carbonyl (C=O) groups is 2. The minimum atomic E-state index is -0.391. The number of rotatable bonds is 1. The van der Waals surface area contributed by atoms with Gasteiger partial charge in [0.2, 0.25) is 5.91 Å². The van der Waals surface area contributed by atoms with Gasteiger partial charge in [-0.25, -0.2) is 0 Å². The summed E-state index contributed by atoms with van der Waals surface area (Å²) in [6, 6.07) is 7.02. The zero-order valence-corrected chi connectivity index (χ0v) is 10.1. The molecule has 0 aromatic heterocycles. The van der Waals surface area contributed by atoms with E-state index in [-0.39, 0.29) is 11.8 Å². The molecule has 17 heavy (non-hydrogen) atoms. The quantitative estimate of drug-likeness (QED) is 0.784. The highest BCUT2D eigenvalue weighted by molar-refractivity contribution is 5.98. The Hall–Kier alpha value is -1.84. The van der Waals surface area contributed by atoms with Gasteiger partial charge < -0.3 is 10.2 Å². The van der Waals surface area contributed by atoms with Gasteiger partial charge in [0.25, 0.3) is 5.91 Å². The van der Waals surface area contributed by atoms with Gasteiger partial charge in [0, 0.05) is 18.7 Å². The van der Waals surface area contributed by atoms with Crippen LogP contribution >= 0.6 is 0 Å². The smallest absolute Gasteiger partial charge is 0.254 e. The lowest BCUT2D eigenvalue weighted by atomic mass is 10.1. The third-order valence-corrected chi connectivity index (χ3v) is 3.06. The summed E-state index contributed by atoms with van der Waals surface area (Å²) in [5.41, 5.74) is 1.75. The van der Waals surface area contributed by atoms with Crippen molar-refractivity contribution in [3.63, 3.8) is 0 Å². The second-order valence-electron chi connectivity index (χ2n) is 4.33. The second-order valence-corrected chi connectivity index (χ2v) is 4.33. The summed E-state index contributed by atoms with van der Waals surface area (Å²) in [5.74, 6) is -0.163. The van der Waals surface area contributed by atoms with Gasteiger partial charge in [0.1, 0.15) is 6.04 Å². The molecule has 1 atom stereocenters. The number of nitrogens with one attached hydrogen (secondary N) is 1. The molecule has 1 N–H and O–H groups in total. The topological polar surface area (TPSA) is 49.4 Å². The molecule has 4 heteroatoms. The van der Waals surface area contributed by atoms with Gasteiger partial charge in [0.15, 0.2) is 0 Å². The van der Waals surface area contributed by atoms with Crippen molar-refractivity contribution in [2.45, 2.75) is 19.9 Å². The van der Waals surface area contributed by atoms with Crippen LogP contribution in [-0.2, 0) is 4.79 Å². The monoisotopic (exact) mass is 232 g/mol. The molecule has 1 heterocycles. The van der Waals surface area contributed by atoms with E-state index in [1.54, 1.807) is 24.0 Å². The van der Waals surface area contributed by atoms with Crippen molar-refractivity contribution >= 4 is 11.8 Å². The zero-order valence-electron chi connectivity index (χ0n) is 10.1. The van der Waals surface area contributed by atoms with Crippen LogP contribution < -0.4 is 5.32 Å². The highest BCUT2D eigenvalue weighted by Gasteiger charge is 2.29. The summed E-state index contributed by atoms with van der Waals surface area (Å²) >= 11 is 0. The number of hydrogen-bond donors (Lipinski definition) is 1. The van der Waals surface area contributed by atoms with E-state index in [4.69, 9.17) is 0 Å². The van der Waals surface area contributed by atoms with E-state index in [2.05, 4.69) is 5.32 Å². The predicted octanol–water partition coefficient (Wildman–Crippen LogP) is 0.956. The lowest BCUT2D eigenvalue weighted by Crippen LogP contribution is -2.55. The summed E-state index contributed by atoms with van der Waals surface area (Å²) in [7, 11) is 0. The molecule has 0 bridgehead atoms. The number of carbonyl (C=O) groups excluding carboxylic acids is 2. The van der Waals surface area contributed by atoms with E-state index in [0.29, 0.717) is 18.7 Å². The molecule has 2 amide bonds. The Morgan fingerprint density at radius 1 is 1.35 bits per heavy atom. The van der Waals surface area contributed by atoms with E-state index < -0.39 is 6.04 Å². The zero-order chi connectivity index (χ0) is 12.4. The second kappa shape index (κ2) is 4.57. The molecule has 1 aromatic rings. The van der Waals surface area contributed by atoms with E-state index in [0.717, 1.165) is 5.56 Å². The normalized spacial score (nSPS) is 20.0. The highest BCUT2D eigenvalue weighted by atomic mass is 16.2. The van der Waals surface area contributed by atoms with Crippen molar-refractivity contribution in [1.29, 1.82) is 0 Å². The van der Waals surface area contributed by atoms with Gasteiger partial charge >= 0.3 is 0 Å². The fraction of sp³-hybridized carbons (Fsp3) is 0.385. The number of nitrogens with zero attached hydrogens (tertiary/aromatic N) is 1. The maximum atomic E-state index is 12.2. The van der Waals surface area contributed by atoms with Crippen molar-refractivity contribution < 1.29 is 9.59 Å². The van der Waals surface area contributed by atoms with Crippen LogP contribution in [0.3, 0.4) is 0 Å². The molecule has 1 aromatic carbocycles. The summed E-state index contributed by atoms with van der Waals surface area (Å²) in [6.07, 6.45) is 0. The third kappa shape index (κ3) is 2.30. The van der Waals surface area contributed by atoms with E-state index in [9.17, 15) is 9.59 Å². The Morgan fingerprint density at radius 2 is 2.00 bits per heavy atom. The van der Waals surface area contributed by atoms with Crippen LogP contribution in [0.1, 0.15) is 22.8 Å². The van der Waals surface area contributed by atoms with Gasteiger partial charge in [-0.2, -0.15) is 0 Å². The summed E-state index contributed by atoms with van der Waals surface area (Å²) < 4.78 is 0. The van der Waals surface area contributed by atoms with Crippen LogP contribution in [-0.4, -0.2) is 35.8 Å². The summed E-state index contributed by atoms with van der Waals surface area (Å²) in [6.45, 7) is 4.83. The van der Waals surface area contributed by atoms with Crippen molar-refractivity contribution in [1.82, 2.24) is 10.2 Å². The van der Waals surface area contributed by atoms with Crippen LogP contribution in [0, 0.1) is 6.92 Å². The van der Waals surface area contributed by atoms with Crippen LogP contribution in [0.4, 0.5) is 0 Å². The number of piperazine rings is 1. The molecule has 0 aliphatic carbocycles. The van der Waals surface area contributed by atoms with Gasteiger partial charge in [-0.05, 0) is 26.0 Å². The Labute approximate surface area is 101 Å².